The lowest BCUT2D eigenvalue weighted by molar-refractivity contribution is 0.0780. The molecule has 0 radical (unpaired) electrons. The van der Waals surface area contributed by atoms with Crippen LogP contribution in [-0.2, 0) is 4.74 Å². The molecule has 1 N–H and O–H groups in total. The summed E-state index contributed by atoms with van der Waals surface area (Å²) in [7, 11) is 0. The predicted octanol–water partition coefficient (Wildman–Crippen LogP) is 1.41. The molecule has 2 heterocycles. The molecule has 0 amide bonds. The first kappa shape index (κ1) is 8.52. The molecule has 0 aromatic rings. The summed E-state index contributed by atoms with van der Waals surface area (Å²) in [5.41, 5.74) is 0. The van der Waals surface area contributed by atoms with Gasteiger partial charge < -0.3 is 10.1 Å². The minimum atomic E-state index is 0.520. The Morgan fingerprint density at radius 3 is 3.00 bits per heavy atom. The third-order valence-corrected chi connectivity index (χ3v) is 3.27. The maximum atomic E-state index is 5.77. The van der Waals surface area contributed by atoms with E-state index in [1.54, 1.807) is 0 Å². The summed E-state index contributed by atoms with van der Waals surface area (Å²) in [6, 6.07) is 0.652. The van der Waals surface area contributed by atoms with Gasteiger partial charge in [0.25, 0.3) is 0 Å². The maximum Gasteiger partial charge on any atom is 0.0732 e. The topological polar surface area (TPSA) is 21.3 Å². The average Bonchev–Trinajstić information content (AvgIpc) is 2.47. The van der Waals surface area contributed by atoms with Gasteiger partial charge in [0.2, 0.25) is 0 Å². The van der Waals surface area contributed by atoms with Gasteiger partial charge in [0.1, 0.15) is 0 Å². The summed E-state index contributed by atoms with van der Waals surface area (Å²) in [5.74, 6) is 1.50. The highest BCUT2D eigenvalue weighted by atomic mass is 16.5. The first-order chi connectivity index (χ1) is 5.79. The molecular weight excluding hydrogens is 150 g/mol. The van der Waals surface area contributed by atoms with Crippen LogP contribution in [0.1, 0.15) is 26.7 Å². The molecule has 0 aromatic heterocycles. The zero-order chi connectivity index (χ0) is 8.55. The van der Waals surface area contributed by atoms with Crippen molar-refractivity contribution in [2.75, 3.05) is 13.2 Å². The molecule has 70 valence electrons. The van der Waals surface area contributed by atoms with E-state index >= 15 is 0 Å². The zero-order valence-electron chi connectivity index (χ0n) is 8.05. The lowest BCUT2D eigenvalue weighted by atomic mass is 9.86. The van der Waals surface area contributed by atoms with Crippen LogP contribution in [-0.4, -0.2) is 25.3 Å². The lowest BCUT2D eigenvalue weighted by Crippen LogP contribution is -2.46. The second-order valence-corrected chi connectivity index (χ2v) is 4.40. The molecule has 3 unspecified atom stereocenters. The van der Waals surface area contributed by atoms with E-state index in [1.165, 1.54) is 19.4 Å². The van der Waals surface area contributed by atoms with Gasteiger partial charge in [-0.2, -0.15) is 0 Å². The predicted molar refractivity (Wildman–Crippen MR) is 49.1 cm³/mol. The molecule has 2 rings (SSSR count). The molecule has 2 heteroatoms. The monoisotopic (exact) mass is 169 g/mol. The van der Waals surface area contributed by atoms with Crippen LogP contribution in [0.4, 0.5) is 0 Å². The molecule has 0 aliphatic carbocycles. The van der Waals surface area contributed by atoms with Crippen molar-refractivity contribution >= 4 is 0 Å². The van der Waals surface area contributed by atoms with Crippen molar-refractivity contribution in [3.05, 3.63) is 0 Å². The summed E-state index contributed by atoms with van der Waals surface area (Å²) < 4.78 is 5.77. The van der Waals surface area contributed by atoms with Gasteiger partial charge in [-0.1, -0.05) is 13.8 Å². The average molecular weight is 169 g/mol. The highest BCUT2D eigenvalue weighted by Crippen LogP contribution is 2.30. The second-order valence-electron chi connectivity index (χ2n) is 4.40. The van der Waals surface area contributed by atoms with Crippen LogP contribution < -0.4 is 5.32 Å². The maximum absolute atomic E-state index is 5.77. The molecule has 12 heavy (non-hydrogen) atoms. The third-order valence-electron chi connectivity index (χ3n) is 3.27. The van der Waals surface area contributed by atoms with Crippen molar-refractivity contribution in [3.63, 3.8) is 0 Å². The fourth-order valence-electron chi connectivity index (χ4n) is 2.44. The van der Waals surface area contributed by atoms with Gasteiger partial charge in [-0.05, 0) is 25.3 Å². The molecule has 2 nitrogen and oxygen atoms in total. The van der Waals surface area contributed by atoms with Crippen LogP contribution in [0.5, 0.6) is 0 Å². The van der Waals surface area contributed by atoms with Crippen LogP contribution in [0.3, 0.4) is 0 Å². The third kappa shape index (κ3) is 1.38. The molecule has 0 spiro atoms. The summed E-state index contributed by atoms with van der Waals surface area (Å²) in [6.45, 7) is 6.76. The first-order valence-corrected chi connectivity index (χ1v) is 5.14. The smallest absolute Gasteiger partial charge is 0.0732 e. The highest BCUT2D eigenvalue weighted by Gasteiger charge is 2.39. The minimum absolute atomic E-state index is 0.520. The van der Waals surface area contributed by atoms with Crippen molar-refractivity contribution in [2.24, 2.45) is 11.8 Å². The lowest BCUT2D eigenvalue weighted by Gasteiger charge is -2.30. The molecule has 3 atom stereocenters. The van der Waals surface area contributed by atoms with Crippen LogP contribution in [0.15, 0.2) is 0 Å². The van der Waals surface area contributed by atoms with Gasteiger partial charge in [0.15, 0.2) is 0 Å². The summed E-state index contributed by atoms with van der Waals surface area (Å²) in [6.07, 6.45) is 3.07. The van der Waals surface area contributed by atoms with Gasteiger partial charge in [0.05, 0.1) is 12.7 Å². The molecule has 2 aliphatic rings. The first-order valence-electron chi connectivity index (χ1n) is 5.14. The Labute approximate surface area is 74.7 Å². The highest BCUT2D eigenvalue weighted by molar-refractivity contribution is 4.93. The molecule has 2 aliphatic heterocycles. The SMILES string of the molecule is CC(C)C1COC2CCCNC21. The van der Waals surface area contributed by atoms with Crippen LogP contribution in [0.25, 0.3) is 0 Å². The second kappa shape index (κ2) is 3.35. The number of nitrogens with one attached hydrogen (secondary N) is 1. The van der Waals surface area contributed by atoms with E-state index < -0.39 is 0 Å². The molecule has 2 saturated heterocycles. The number of hydrogen-bond acceptors (Lipinski definition) is 2. The van der Waals surface area contributed by atoms with E-state index in [-0.39, 0.29) is 0 Å². The van der Waals surface area contributed by atoms with Crippen molar-refractivity contribution < 1.29 is 4.74 Å². The molecule has 0 aromatic carbocycles. The van der Waals surface area contributed by atoms with E-state index in [0.29, 0.717) is 12.1 Å². The van der Waals surface area contributed by atoms with Gasteiger partial charge >= 0.3 is 0 Å². The van der Waals surface area contributed by atoms with Crippen molar-refractivity contribution in [1.82, 2.24) is 5.32 Å². The summed E-state index contributed by atoms with van der Waals surface area (Å²) >= 11 is 0. The summed E-state index contributed by atoms with van der Waals surface area (Å²) in [4.78, 5) is 0. The minimum Gasteiger partial charge on any atom is -0.376 e. The van der Waals surface area contributed by atoms with Crippen LogP contribution >= 0.6 is 0 Å². The molecule has 0 saturated carbocycles. The van der Waals surface area contributed by atoms with E-state index in [2.05, 4.69) is 19.2 Å². The van der Waals surface area contributed by atoms with Gasteiger partial charge in [0, 0.05) is 12.0 Å². The number of ether oxygens (including phenoxy) is 1. The Balaban J connectivity index is 2.01. The fourth-order valence-corrected chi connectivity index (χ4v) is 2.44. The number of hydrogen-bond donors (Lipinski definition) is 1. The van der Waals surface area contributed by atoms with Crippen LogP contribution in [0, 0.1) is 11.8 Å². The van der Waals surface area contributed by atoms with E-state index in [9.17, 15) is 0 Å². The Bertz CT molecular complexity index is 158. The normalized spacial score (nSPS) is 41.8. The Morgan fingerprint density at radius 2 is 2.25 bits per heavy atom. The van der Waals surface area contributed by atoms with Gasteiger partial charge in [-0.25, -0.2) is 0 Å². The Kier molecular flexibility index (Phi) is 2.37. The van der Waals surface area contributed by atoms with E-state index in [1.807, 2.05) is 0 Å². The summed E-state index contributed by atoms with van der Waals surface area (Å²) in [5, 5.41) is 3.59. The Morgan fingerprint density at radius 1 is 1.42 bits per heavy atom. The quantitative estimate of drug-likeness (QED) is 0.641. The van der Waals surface area contributed by atoms with Crippen molar-refractivity contribution in [2.45, 2.75) is 38.8 Å². The van der Waals surface area contributed by atoms with Crippen LogP contribution in [0.2, 0.25) is 0 Å². The standard InChI is InChI=1S/C10H19NO/c1-7(2)8-6-12-9-4-3-5-11-10(8)9/h7-11H,3-6H2,1-2H3. The molecular formula is C10H19NO. The van der Waals surface area contributed by atoms with Gasteiger partial charge in [-0.15, -0.1) is 0 Å². The zero-order valence-corrected chi connectivity index (χ0v) is 8.05. The van der Waals surface area contributed by atoms with Gasteiger partial charge in [-0.3, -0.25) is 0 Å². The molecule has 2 fully saturated rings. The molecule has 0 bridgehead atoms. The number of piperidine rings is 1. The van der Waals surface area contributed by atoms with E-state index in [0.717, 1.165) is 18.4 Å². The fraction of sp³-hybridized carbons (Fsp3) is 1.00. The van der Waals surface area contributed by atoms with Crippen molar-refractivity contribution in [1.29, 1.82) is 0 Å². The van der Waals surface area contributed by atoms with Crippen molar-refractivity contribution in [3.8, 4) is 0 Å². The number of fused-ring (bicyclic) bond motifs is 1. The largest absolute Gasteiger partial charge is 0.376 e. The van der Waals surface area contributed by atoms with E-state index in [4.69, 9.17) is 4.74 Å². The number of rotatable bonds is 1. The Hall–Kier alpha value is -0.0800.